The smallest absolute Gasteiger partial charge is 0.191 e. The van der Waals surface area contributed by atoms with Gasteiger partial charge in [-0.1, -0.05) is 32.0 Å². The minimum absolute atomic E-state index is 0.346. The molecule has 7 heteroatoms. The third-order valence-electron chi connectivity index (χ3n) is 4.05. The molecular weight excluding hydrogens is 356 g/mol. The van der Waals surface area contributed by atoms with Crippen molar-refractivity contribution in [1.29, 1.82) is 0 Å². The number of aromatic nitrogens is 1. The van der Waals surface area contributed by atoms with E-state index in [1.54, 1.807) is 7.11 Å². The largest absolute Gasteiger partial charge is 0.493 e. The van der Waals surface area contributed by atoms with Gasteiger partial charge >= 0.3 is 0 Å². The molecule has 0 radical (unpaired) electrons. The molecule has 1 aromatic heterocycles. The zero-order valence-corrected chi connectivity index (χ0v) is 17.5. The van der Waals surface area contributed by atoms with Crippen LogP contribution in [0.15, 0.2) is 33.8 Å². The summed E-state index contributed by atoms with van der Waals surface area (Å²) in [6.07, 6.45) is 0.955. The van der Waals surface area contributed by atoms with E-state index >= 15 is 0 Å². The summed E-state index contributed by atoms with van der Waals surface area (Å²) in [5.74, 6) is 3.33. The van der Waals surface area contributed by atoms with Crippen LogP contribution in [0.5, 0.6) is 11.5 Å². The first-order valence-electron chi connectivity index (χ1n) is 9.84. The van der Waals surface area contributed by atoms with Gasteiger partial charge < -0.3 is 24.6 Å². The highest BCUT2D eigenvalue weighted by molar-refractivity contribution is 5.79. The molecule has 0 bridgehead atoms. The SMILES string of the molecule is CCCOc1ccc(CN=C(NCC)NCc2cc(C(C)C)no2)cc1OC. The van der Waals surface area contributed by atoms with Gasteiger partial charge in [-0.3, -0.25) is 0 Å². The quantitative estimate of drug-likeness (QED) is 0.475. The molecule has 1 aromatic carbocycles. The monoisotopic (exact) mass is 388 g/mol. The van der Waals surface area contributed by atoms with Gasteiger partial charge in [-0.15, -0.1) is 0 Å². The van der Waals surface area contributed by atoms with Gasteiger partial charge in [-0.25, -0.2) is 4.99 Å². The summed E-state index contributed by atoms with van der Waals surface area (Å²) >= 11 is 0. The van der Waals surface area contributed by atoms with Gasteiger partial charge in [0.15, 0.2) is 23.2 Å². The molecule has 0 aliphatic carbocycles. The Hall–Kier alpha value is -2.70. The molecule has 2 aromatic rings. The average Bonchev–Trinajstić information content (AvgIpc) is 3.18. The number of nitrogens with one attached hydrogen (secondary N) is 2. The highest BCUT2D eigenvalue weighted by Gasteiger charge is 2.09. The predicted octanol–water partition coefficient (Wildman–Crippen LogP) is 3.85. The zero-order chi connectivity index (χ0) is 20.4. The Bertz CT molecular complexity index is 756. The Labute approximate surface area is 167 Å². The Kier molecular flexibility index (Phi) is 8.65. The highest BCUT2D eigenvalue weighted by atomic mass is 16.5. The van der Waals surface area contributed by atoms with E-state index < -0.39 is 0 Å². The van der Waals surface area contributed by atoms with Gasteiger partial charge in [0.25, 0.3) is 0 Å². The molecule has 0 atom stereocenters. The number of hydrogen-bond acceptors (Lipinski definition) is 5. The van der Waals surface area contributed by atoms with Gasteiger partial charge in [-0.05, 0) is 37.0 Å². The molecule has 7 nitrogen and oxygen atoms in total. The second kappa shape index (κ2) is 11.2. The molecule has 28 heavy (non-hydrogen) atoms. The number of rotatable bonds is 10. The fourth-order valence-electron chi connectivity index (χ4n) is 2.51. The second-order valence-electron chi connectivity index (χ2n) is 6.76. The Morgan fingerprint density at radius 3 is 2.64 bits per heavy atom. The summed E-state index contributed by atoms with van der Waals surface area (Å²) in [6.45, 7) is 10.8. The average molecular weight is 389 g/mol. The minimum atomic E-state index is 0.346. The lowest BCUT2D eigenvalue weighted by Gasteiger charge is -2.12. The molecule has 0 saturated carbocycles. The first-order chi connectivity index (χ1) is 13.6. The maximum Gasteiger partial charge on any atom is 0.191 e. The Morgan fingerprint density at radius 2 is 2.00 bits per heavy atom. The van der Waals surface area contributed by atoms with Crippen molar-refractivity contribution in [2.24, 2.45) is 4.99 Å². The van der Waals surface area contributed by atoms with Crippen LogP contribution in [0.1, 0.15) is 57.1 Å². The van der Waals surface area contributed by atoms with Crippen LogP contribution in [0.4, 0.5) is 0 Å². The molecule has 0 unspecified atom stereocenters. The van der Waals surface area contributed by atoms with Crippen molar-refractivity contribution in [1.82, 2.24) is 15.8 Å². The van der Waals surface area contributed by atoms with Crippen molar-refractivity contribution in [3.8, 4) is 11.5 Å². The van der Waals surface area contributed by atoms with Crippen LogP contribution in [0.2, 0.25) is 0 Å². The number of hydrogen-bond donors (Lipinski definition) is 2. The maximum atomic E-state index is 5.70. The molecule has 0 amide bonds. The molecule has 0 aliphatic heterocycles. The normalized spacial score (nSPS) is 11.6. The van der Waals surface area contributed by atoms with E-state index in [4.69, 9.17) is 14.0 Å². The number of nitrogens with zero attached hydrogens (tertiary/aromatic N) is 2. The van der Waals surface area contributed by atoms with Crippen LogP contribution in [0.25, 0.3) is 0 Å². The molecule has 154 valence electrons. The van der Waals surface area contributed by atoms with Crippen LogP contribution in [0.3, 0.4) is 0 Å². The van der Waals surface area contributed by atoms with Crippen LogP contribution in [-0.2, 0) is 13.1 Å². The van der Waals surface area contributed by atoms with Crippen molar-refractivity contribution < 1.29 is 14.0 Å². The van der Waals surface area contributed by atoms with Crippen LogP contribution in [0, 0.1) is 0 Å². The van der Waals surface area contributed by atoms with Crippen LogP contribution < -0.4 is 20.1 Å². The fourth-order valence-corrected chi connectivity index (χ4v) is 2.51. The van der Waals surface area contributed by atoms with E-state index in [0.717, 1.165) is 47.4 Å². The first kappa shape index (κ1) is 21.6. The van der Waals surface area contributed by atoms with Crippen molar-refractivity contribution in [2.75, 3.05) is 20.3 Å². The van der Waals surface area contributed by atoms with Crippen molar-refractivity contribution in [2.45, 2.75) is 53.1 Å². The number of methoxy groups -OCH3 is 1. The van der Waals surface area contributed by atoms with E-state index in [0.29, 0.717) is 25.6 Å². The third kappa shape index (κ3) is 6.48. The molecule has 2 rings (SSSR count). The summed E-state index contributed by atoms with van der Waals surface area (Å²) in [4.78, 5) is 4.64. The van der Waals surface area contributed by atoms with E-state index in [-0.39, 0.29) is 0 Å². The maximum absolute atomic E-state index is 5.70. The van der Waals surface area contributed by atoms with E-state index in [1.165, 1.54) is 0 Å². The lowest BCUT2D eigenvalue weighted by Crippen LogP contribution is -2.36. The molecule has 0 spiro atoms. The summed E-state index contributed by atoms with van der Waals surface area (Å²) in [7, 11) is 1.65. The Balaban J connectivity index is 2.00. The van der Waals surface area contributed by atoms with Gasteiger partial charge in [0.1, 0.15) is 0 Å². The fraction of sp³-hybridized carbons (Fsp3) is 0.524. The van der Waals surface area contributed by atoms with Gasteiger partial charge in [-0.2, -0.15) is 0 Å². The lowest BCUT2D eigenvalue weighted by molar-refractivity contribution is 0.294. The molecule has 2 N–H and O–H groups in total. The molecule has 0 aliphatic rings. The third-order valence-corrected chi connectivity index (χ3v) is 4.05. The van der Waals surface area contributed by atoms with E-state index in [9.17, 15) is 0 Å². The summed E-state index contributed by atoms with van der Waals surface area (Å²) < 4.78 is 16.5. The van der Waals surface area contributed by atoms with Gasteiger partial charge in [0.05, 0.1) is 32.5 Å². The van der Waals surface area contributed by atoms with Crippen molar-refractivity contribution in [3.63, 3.8) is 0 Å². The topological polar surface area (TPSA) is 80.9 Å². The number of ether oxygens (including phenoxy) is 2. The molecular formula is C21H32N4O3. The van der Waals surface area contributed by atoms with Crippen LogP contribution >= 0.6 is 0 Å². The summed E-state index contributed by atoms with van der Waals surface area (Å²) in [5, 5.41) is 10.6. The second-order valence-corrected chi connectivity index (χ2v) is 6.76. The number of guanidine groups is 1. The van der Waals surface area contributed by atoms with Crippen molar-refractivity contribution in [3.05, 3.63) is 41.3 Å². The molecule has 1 heterocycles. The van der Waals surface area contributed by atoms with Crippen molar-refractivity contribution >= 4 is 5.96 Å². The zero-order valence-electron chi connectivity index (χ0n) is 17.5. The highest BCUT2D eigenvalue weighted by Crippen LogP contribution is 2.28. The number of benzene rings is 1. The minimum Gasteiger partial charge on any atom is -0.493 e. The molecule has 0 saturated heterocycles. The Morgan fingerprint density at radius 1 is 1.18 bits per heavy atom. The van der Waals surface area contributed by atoms with E-state index in [2.05, 4.69) is 41.6 Å². The summed E-state index contributed by atoms with van der Waals surface area (Å²) in [6, 6.07) is 7.87. The lowest BCUT2D eigenvalue weighted by atomic mass is 10.1. The molecule has 0 fully saturated rings. The standard InChI is InChI=1S/C21H32N4O3/c1-6-10-27-19-9-8-16(11-20(19)26-5)13-23-21(22-7-2)24-14-17-12-18(15(3)4)25-28-17/h8-9,11-12,15H,6-7,10,13-14H2,1-5H3,(H2,22,23,24). The van der Waals surface area contributed by atoms with Crippen LogP contribution in [-0.4, -0.2) is 31.4 Å². The van der Waals surface area contributed by atoms with Gasteiger partial charge in [0, 0.05) is 12.6 Å². The summed E-state index contributed by atoms with van der Waals surface area (Å²) in [5.41, 5.74) is 2.00. The van der Waals surface area contributed by atoms with Gasteiger partial charge in [0.2, 0.25) is 0 Å². The first-order valence-corrected chi connectivity index (χ1v) is 9.84. The number of aliphatic imine (C=N–C) groups is 1. The predicted molar refractivity (Wildman–Crippen MR) is 111 cm³/mol. The van der Waals surface area contributed by atoms with E-state index in [1.807, 2.05) is 31.2 Å².